The molecule has 3 nitrogen and oxygen atoms in total. The van der Waals surface area contributed by atoms with E-state index in [2.05, 4.69) is 18.7 Å². The molecule has 0 aromatic heterocycles. The summed E-state index contributed by atoms with van der Waals surface area (Å²) in [5.74, 6) is 0. The van der Waals surface area contributed by atoms with Crippen molar-refractivity contribution in [3.63, 3.8) is 0 Å². The summed E-state index contributed by atoms with van der Waals surface area (Å²) < 4.78 is 5.21. The minimum atomic E-state index is 0.0833. The number of hydrogen-bond acceptors (Lipinski definition) is 3. The Bertz CT molecular complexity index is 129. The Hall–Kier alpha value is -0.120. The van der Waals surface area contributed by atoms with E-state index in [9.17, 15) is 0 Å². The van der Waals surface area contributed by atoms with Crippen molar-refractivity contribution in [2.45, 2.75) is 38.8 Å². The number of hydrogen-bond donors (Lipinski definition) is 1. The topological polar surface area (TPSA) is 32.7 Å². The fourth-order valence-electron chi connectivity index (χ4n) is 1.17. The van der Waals surface area contributed by atoms with Crippen LogP contribution in [0, 0.1) is 0 Å². The maximum absolute atomic E-state index is 8.17. The van der Waals surface area contributed by atoms with Crippen LogP contribution < -0.4 is 0 Å². The number of aliphatic hydroxyl groups excluding tert-OH is 1. The van der Waals surface area contributed by atoms with E-state index in [-0.39, 0.29) is 6.10 Å². The van der Waals surface area contributed by atoms with Crippen LogP contribution in [0.5, 0.6) is 0 Å². The van der Waals surface area contributed by atoms with Crippen LogP contribution in [-0.2, 0) is 4.74 Å². The lowest BCUT2D eigenvalue weighted by molar-refractivity contribution is 0.0238. The third kappa shape index (κ3) is 5.24. The van der Waals surface area contributed by atoms with Gasteiger partial charge in [-0.2, -0.15) is 0 Å². The molecule has 0 spiro atoms. The van der Waals surface area contributed by atoms with E-state index in [0.29, 0.717) is 6.04 Å². The van der Waals surface area contributed by atoms with E-state index in [1.807, 2.05) is 0 Å². The summed E-state index contributed by atoms with van der Waals surface area (Å²) in [4.78, 5) is 2.43. The van der Waals surface area contributed by atoms with Gasteiger partial charge in [-0.1, -0.05) is 0 Å². The average molecular weight is 187 g/mol. The summed E-state index contributed by atoms with van der Waals surface area (Å²) in [6, 6.07) is 0.689. The Labute approximate surface area is 80.7 Å². The second-order valence-electron chi connectivity index (χ2n) is 3.97. The molecular weight excluding hydrogens is 166 g/mol. The van der Waals surface area contributed by atoms with Crippen LogP contribution in [0.3, 0.4) is 0 Å². The van der Waals surface area contributed by atoms with Crippen LogP contribution in [-0.4, -0.2) is 48.5 Å². The van der Waals surface area contributed by atoms with Crippen molar-refractivity contribution in [2.24, 2.45) is 0 Å². The fraction of sp³-hybridized carbons (Fsp3) is 1.00. The second kappa shape index (κ2) is 5.58. The molecule has 0 bridgehead atoms. The summed E-state index contributed by atoms with van der Waals surface area (Å²) in [5.41, 5.74) is 0. The quantitative estimate of drug-likeness (QED) is 0.661. The molecule has 0 radical (unpaired) electrons. The van der Waals surface area contributed by atoms with Gasteiger partial charge in [0.15, 0.2) is 0 Å². The SMILES string of the molecule is CC(C)N1CCOCC1.OC1CC1. The highest BCUT2D eigenvalue weighted by molar-refractivity contribution is 4.68. The summed E-state index contributed by atoms with van der Waals surface area (Å²) >= 11 is 0. The van der Waals surface area contributed by atoms with Gasteiger partial charge in [0.1, 0.15) is 0 Å². The predicted molar refractivity (Wildman–Crippen MR) is 52.8 cm³/mol. The zero-order chi connectivity index (χ0) is 9.68. The van der Waals surface area contributed by atoms with E-state index in [0.717, 1.165) is 39.1 Å². The van der Waals surface area contributed by atoms with Crippen molar-refractivity contribution in [1.82, 2.24) is 4.90 Å². The predicted octanol–water partition coefficient (Wildman–Crippen LogP) is 0.868. The first-order valence-corrected chi connectivity index (χ1v) is 5.20. The van der Waals surface area contributed by atoms with Gasteiger partial charge in [-0.25, -0.2) is 0 Å². The fourth-order valence-corrected chi connectivity index (χ4v) is 1.17. The molecule has 2 rings (SSSR count). The molecule has 3 heteroatoms. The van der Waals surface area contributed by atoms with Gasteiger partial charge >= 0.3 is 0 Å². The van der Waals surface area contributed by atoms with Crippen LogP contribution in [0.15, 0.2) is 0 Å². The molecule has 0 atom stereocenters. The van der Waals surface area contributed by atoms with Crippen molar-refractivity contribution in [1.29, 1.82) is 0 Å². The molecule has 0 aromatic rings. The zero-order valence-corrected chi connectivity index (χ0v) is 8.70. The monoisotopic (exact) mass is 187 g/mol. The van der Waals surface area contributed by atoms with Gasteiger partial charge in [-0.05, 0) is 26.7 Å². The molecule has 1 saturated heterocycles. The molecule has 1 aliphatic heterocycles. The summed E-state index contributed by atoms with van der Waals surface area (Å²) in [5, 5.41) is 8.17. The van der Waals surface area contributed by atoms with Gasteiger partial charge in [-0.15, -0.1) is 0 Å². The first-order chi connectivity index (χ1) is 6.20. The Morgan fingerprint density at radius 2 is 1.69 bits per heavy atom. The Balaban J connectivity index is 0.000000175. The molecule has 78 valence electrons. The van der Waals surface area contributed by atoms with Crippen molar-refractivity contribution < 1.29 is 9.84 Å². The Kier molecular flexibility index (Phi) is 4.70. The van der Waals surface area contributed by atoms with Crippen molar-refractivity contribution in [3.05, 3.63) is 0 Å². The van der Waals surface area contributed by atoms with Crippen LogP contribution in [0.25, 0.3) is 0 Å². The molecule has 2 aliphatic rings. The lowest BCUT2D eigenvalue weighted by Gasteiger charge is -2.29. The highest BCUT2D eigenvalue weighted by Gasteiger charge is 2.15. The Morgan fingerprint density at radius 1 is 1.23 bits per heavy atom. The van der Waals surface area contributed by atoms with Crippen LogP contribution in [0.4, 0.5) is 0 Å². The minimum absolute atomic E-state index is 0.0833. The number of morpholine rings is 1. The van der Waals surface area contributed by atoms with E-state index >= 15 is 0 Å². The molecular formula is C10H21NO2. The van der Waals surface area contributed by atoms with Crippen molar-refractivity contribution in [3.8, 4) is 0 Å². The van der Waals surface area contributed by atoms with Crippen LogP contribution >= 0.6 is 0 Å². The standard InChI is InChI=1S/C7H15NO.C3H6O/c1-7(2)8-3-5-9-6-4-8;4-3-1-2-3/h7H,3-6H2,1-2H3;3-4H,1-2H2. The smallest absolute Gasteiger partial charge is 0.0594 e. The van der Waals surface area contributed by atoms with E-state index < -0.39 is 0 Å². The zero-order valence-electron chi connectivity index (χ0n) is 8.70. The van der Waals surface area contributed by atoms with E-state index in [4.69, 9.17) is 9.84 Å². The van der Waals surface area contributed by atoms with Gasteiger partial charge in [0.2, 0.25) is 0 Å². The van der Waals surface area contributed by atoms with E-state index in [1.165, 1.54) is 0 Å². The number of aliphatic hydroxyl groups is 1. The maximum atomic E-state index is 8.17. The van der Waals surface area contributed by atoms with Gasteiger partial charge in [0.05, 0.1) is 19.3 Å². The first kappa shape index (κ1) is 11.0. The largest absolute Gasteiger partial charge is 0.393 e. The summed E-state index contributed by atoms with van der Waals surface area (Å²) in [6.45, 7) is 8.50. The Morgan fingerprint density at radius 3 is 1.92 bits per heavy atom. The molecule has 1 N–H and O–H groups in total. The third-order valence-electron chi connectivity index (χ3n) is 2.32. The van der Waals surface area contributed by atoms with Gasteiger partial charge in [0, 0.05) is 19.1 Å². The third-order valence-corrected chi connectivity index (χ3v) is 2.32. The van der Waals surface area contributed by atoms with Gasteiger partial charge < -0.3 is 9.84 Å². The molecule has 0 amide bonds. The molecule has 2 fully saturated rings. The molecule has 1 aliphatic carbocycles. The summed E-state index contributed by atoms with van der Waals surface area (Å²) in [6.07, 6.45) is 2.17. The molecule has 1 saturated carbocycles. The average Bonchev–Trinajstić information content (AvgIpc) is 2.90. The van der Waals surface area contributed by atoms with E-state index in [1.54, 1.807) is 0 Å². The van der Waals surface area contributed by atoms with Crippen LogP contribution in [0.2, 0.25) is 0 Å². The molecule has 0 aromatic carbocycles. The summed E-state index contributed by atoms with van der Waals surface area (Å²) in [7, 11) is 0. The lowest BCUT2D eigenvalue weighted by atomic mass is 10.3. The highest BCUT2D eigenvalue weighted by atomic mass is 16.5. The lowest BCUT2D eigenvalue weighted by Crippen LogP contribution is -2.40. The van der Waals surface area contributed by atoms with Crippen molar-refractivity contribution >= 4 is 0 Å². The highest BCUT2D eigenvalue weighted by Crippen LogP contribution is 2.16. The van der Waals surface area contributed by atoms with Gasteiger partial charge in [0.25, 0.3) is 0 Å². The number of nitrogens with zero attached hydrogens (tertiary/aromatic N) is 1. The number of ether oxygens (including phenoxy) is 1. The van der Waals surface area contributed by atoms with Gasteiger partial charge in [-0.3, -0.25) is 4.90 Å². The maximum Gasteiger partial charge on any atom is 0.0594 e. The minimum Gasteiger partial charge on any atom is -0.393 e. The molecule has 0 unspecified atom stereocenters. The molecule has 1 heterocycles. The number of rotatable bonds is 1. The normalized spacial score (nSPS) is 24.0. The van der Waals surface area contributed by atoms with Crippen molar-refractivity contribution in [2.75, 3.05) is 26.3 Å². The van der Waals surface area contributed by atoms with Crippen LogP contribution in [0.1, 0.15) is 26.7 Å². The second-order valence-corrected chi connectivity index (χ2v) is 3.97. The first-order valence-electron chi connectivity index (χ1n) is 5.20. The molecule has 13 heavy (non-hydrogen) atoms.